The summed E-state index contributed by atoms with van der Waals surface area (Å²) in [4.78, 5) is 13.5. The minimum absolute atomic E-state index is 0.622. The van der Waals surface area contributed by atoms with Crippen LogP contribution in [0.2, 0.25) is 0 Å². The van der Waals surface area contributed by atoms with Gasteiger partial charge in [0.25, 0.3) is 0 Å². The third-order valence-corrected chi connectivity index (χ3v) is 3.40. The largest absolute Gasteiger partial charge is 0.480 e. The third kappa shape index (κ3) is 4.10. The van der Waals surface area contributed by atoms with Gasteiger partial charge in [0.05, 0.1) is 0 Å². The van der Waals surface area contributed by atoms with Crippen LogP contribution in [-0.2, 0) is 4.79 Å². The fraction of sp³-hybridized carbons (Fsp3) is 0.917. The van der Waals surface area contributed by atoms with Gasteiger partial charge in [-0.25, -0.2) is 0 Å². The summed E-state index contributed by atoms with van der Waals surface area (Å²) in [6, 6.07) is 0. The molecule has 0 saturated heterocycles. The van der Waals surface area contributed by atoms with Crippen LogP contribution in [0, 0.1) is 0 Å². The number of hydrogen-bond donors (Lipinski definition) is 2. The highest BCUT2D eigenvalue weighted by Crippen LogP contribution is 2.14. The lowest BCUT2D eigenvalue weighted by Gasteiger charge is -2.29. The van der Waals surface area contributed by atoms with Crippen LogP contribution in [0.1, 0.15) is 40.5 Å². The third-order valence-electron chi connectivity index (χ3n) is 3.40. The fourth-order valence-corrected chi connectivity index (χ4v) is 1.87. The highest BCUT2D eigenvalue weighted by atomic mass is 16.4. The van der Waals surface area contributed by atoms with Crippen LogP contribution in [0.3, 0.4) is 0 Å². The van der Waals surface area contributed by atoms with Gasteiger partial charge in [0.1, 0.15) is 5.54 Å². The average molecular weight is 230 g/mol. The first kappa shape index (κ1) is 15.4. The van der Waals surface area contributed by atoms with E-state index in [1.807, 2.05) is 13.8 Å². The van der Waals surface area contributed by atoms with Crippen molar-refractivity contribution < 1.29 is 9.90 Å². The summed E-state index contributed by atoms with van der Waals surface area (Å²) < 4.78 is 0. The summed E-state index contributed by atoms with van der Waals surface area (Å²) in [6.07, 6.45) is 1.24. The molecule has 0 unspecified atom stereocenters. The summed E-state index contributed by atoms with van der Waals surface area (Å²) >= 11 is 0. The van der Waals surface area contributed by atoms with Crippen LogP contribution in [0.15, 0.2) is 0 Å². The number of carbonyl (C=O) groups is 1. The zero-order chi connectivity index (χ0) is 12.6. The number of nitrogens with one attached hydrogen (secondary N) is 1. The molecule has 16 heavy (non-hydrogen) atoms. The molecule has 0 fully saturated rings. The first-order chi connectivity index (χ1) is 7.56. The van der Waals surface area contributed by atoms with E-state index in [9.17, 15) is 9.90 Å². The standard InChI is InChI=1S/C12H26N2O2/c1-5-12(6-2,11(15)16)13-9-10-14(7-3)8-4/h13H,5-10H2,1-4H3,(H,15,16). The number of hydrogen-bond acceptors (Lipinski definition) is 3. The summed E-state index contributed by atoms with van der Waals surface area (Å²) in [5.41, 5.74) is -0.743. The second kappa shape index (κ2) is 7.63. The maximum absolute atomic E-state index is 11.2. The molecule has 0 saturated carbocycles. The van der Waals surface area contributed by atoms with E-state index in [2.05, 4.69) is 24.1 Å². The normalized spacial score (nSPS) is 12.1. The molecule has 0 rings (SSSR count). The minimum atomic E-state index is -0.743. The van der Waals surface area contributed by atoms with Crippen molar-refractivity contribution in [3.63, 3.8) is 0 Å². The molecule has 0 aliphatic heterocycles. The molecule has 0 radical (unpaired) electrons. The lowest BCUT2D eigenvalue weighted by molar-refractivity contribution is -0.145. The van der Waals surface area contributed by atoms with Gasteiger partial charge in [-0.2, -0.15) is 0 Å². The van der Waals surface area contributed by atoms with Crippen molar-refractivity contribution >= 4 is 5.97 Å². The van der Waals surface area contributed by atoms with Crippen molar-refractivity contribution in [2.24, 2.45) is 0 Å². The zero-order valence-electron chi connectivity index (χ0n) is 11.0. The summed E-state index contributed by atoms with van der Waals surface area (Å²) in [7, 11) is 0. The van der Waals surface area contributed by atoms with Crippen LogP contribution < -0.4 is 5.32 Å². The zero-order valence-corrected chi connectivity index (χ0v) is 11.0. The van der Waals surface area contributed by atoms with Gasteiger partial charge >= 0.3 is 5.97 Å². The molecule has 0 spiro atoms. The Morgan fingerprint density at radius 1 is 1.19 bits per heavy atom. The molecular weight excluding hydrogens is 204 g/mol. The van der Waals surface area contributed by atoms with E-state index in [1.165, 1.54) is 0 Å². The Hall–Kier alpha value is -0.610. The van der Waals surface area contributed by atoms with E-state index >= 15 is 0 Å². The molecule has 0 aliphatic rings. The monoisotopic (exact) mass is 230 g/mol. The molecule has 0 heterocycles. The summed E-state index contributed by atoms with van der Waals surface area (Å²) in [5.74, 6) is -0.739. The van der Waals surface area contributed by atoms with E-state index in [-0.39, 0.29) is 0 Å². The predicted octanol–water partition coefficient (Wildman–Crippen LogP) is 1.56. The van der Waals surface area contributed by atoms with Crippen molar-refractivity contribution in [3.8, 4) is 0 Å². The summed E-state index contributed by atoms with van der Waals surface area (Å²) in [5, 5.41) is 12.4. The van der Waals surface area contributed by atoms with Gasteiger partial charge in [0.2, 0.25) is 0 Å². The average Bonchev–Trinajstić information content (AvgIpc) is 2.30. The topological polar surface area (TPSA) is 52.6 Å². The molecule has 0 bridgehead atoms. The van der Waals surface area contributed by atoms with Crippen molar-refractivity contribution in [2.75, 3.05) is 26.2 Å². The van der Waals surface area contributed by atoms with E-state index in [0.29, 0.717) is 12.8 Å². The maximum atomic E-state index is 11.2. The van der Waals surface area contributed by atoms with E-state index in [0.717, 1.165) is 26.2 Å². The van der Waals surface area contributed by atoms with Gasteiger partial charge in [-0.15, -0.1) is 0 Å². The van der Waals surface area contributed by atoms with Gasteiger partial charge in [0.15, 0.2) is 0 Å². The van der Waals surface area contributed by atoms with Crippen molar-refractivity contribution in [2.45, 2.75) is 46.1 Å². The molecule has 4 nitrogen and oxygen atoms in total. The van der Waals surface area contributed by atoms with Gasteiger partial charge in [-0.3, -0.25) is 4.79 Å². The molecule has 0 aromatic heterocycles. The Morgan fingerprint density at radius 2 is 1.69 bits per heavy atom. The van der Waals surface area contributed by atoms with Crippen LogP contribution in [-0.4, -0.2) is 47.7 Å². The molecule has 4 heteroatoms. The quantitative estimate of drug-likeness (QED) is 0.631. The smallest absolute Gasteiger partial charge is 0.323 e. The molecule has 0 amide bonds. The fourth-order valence-electron chi connectivity index (χ4n) is 1.87. The van der Waals surface area contributed by atoms with Gasteiger partial charge in [0, 0.05) is 13.1 Å². The Bertz CT molecular complexity index is 199. The SMILES string of the molecule is CCN(CC)CCNC(CC)(CC)C(=O)O. The molecular formula is C12H26N2O2. The van der Waals surface area contributed by atoms with Crippen molar-refractivity contribution in [1.29, 1.82) is 0 Å². The van der Waals surface area contributed by atoms with Crippen molar-refractivity contribution in [1.82, 2.24) is 10.2 Å². The number of carboxylic acid groups (broad SMARTS) is 1. The minimum Gasteiger partial charge on any atom is -0.480 e. The van der Waals surface area contributed by atoms with Crippen LogP contribution in [0.25, 0.3) is 0 Å². The molecule has 0 aromatic carbocycles. The number of aliphatic carboxylic acids is 1. The van der Waals surface area contributed by atoms with E-state index < -0.39 is 11.5 Å². The molecule has 96 valence electrons. The van der Waals surface area contributed by atoms with E-state index in [4.69, 9.17) is 0 Å². The highest BCUT2D eigenvalue weighted by Gasteiger charge is 2.33. The first-order valence-electron chi connectivity index (χ1n) is 6.27. The van der Waals surface area contributed by atoms with Crippen LogP contribution in [0.4, 0.5) is 0 Å². The molecule has 0 aliphatic carbocycles. The molecule has 0 atom stereocenters. The lowest BCUT2D eigenvalue weighted by Crippen LogP contribution is -2.53. The van der Waals surface area contributed by atoms with Gasteiger partial charge in [-0.05, 0) is 25.9 Å². The number of nitrogens with zero attached hydrogens (tertiary/aromatic N) is 1. The Balaban J connectivity index is 4.17. The highest BCUT2D eigenvalue weighted by molar-refractivity contribution is 5.78. The maximum Gasteiger partial charge on any atom is 0.323 e. The summed E-state index contributed by atoms with van der Waals surface area (Å²) in [6.45, 7) is 11.7. The van der Waals surface area contributed by atoms with E-state index in [1.54, 1.807) is 0 Å². The van der Waals surface area contributed by atoms with Crippen molar-refractivity contribution in [3.05, 3.63) is 0 Å². The predicted molar refractivity (Wildman–Crippen MR) is 66.7 cm³/mol. The number of carboxylic acids is 1. The molecule has 2 N–H and O–H groups in total. The number of rotatable bonds is 9. The Morgan fingerprint density at radius 3 is 2.00 bits per heavy atom. The van der Waals surface area contributed by atoms with Gasteiger partial charge < -0.3 is 15.3 Å². The second-order valence-corrected chi connectivity index (χ2v) is 4.05. The van der Waals surface area contributed by atoms with Gasteiger partial charge in [-0.1, -0.05) is 27.7 Å². The van der Waals surface area contributed by atoms with Crippen LogP contribution in [0.5, 0.6) is 0 Å². The Kier molecular flexibility index (Phi) is 7.34. The van der Waals surface area contributed by atoms with Crippen LogP contribution >= 0.6 is 0 Å². The first-order valence-corrected chi connectivity index (χ1v) is 6.27. The Labute approximate surface area is 99.0 Å². The number of likely N-dealkylation sites (N-methyl/N-ethyl adjacent to an activating group) is 1. The second-order valence-electron chi connectivity index (χ2n) is 4.05. The molecule has 0 aromatic rings. The lowest BCUT2D eigenvalue weighted by atomic mass is 9.93.